The molecule has 4 aromatic rings. The molecule has 4 rings (SSSR count). The van der Waals surface area contributed by atoms with Crippen molar-refractivity contribution < 1.29 is 4.79 Å². The number of hydrogen-bond acceptors (Lipinski definition) is 5. The lowest BCUT2D eigenvalue weighted by Crippen LogP contribution is -2.28. The van der Waals surface area contributed by atoms with Gasteiger partial charge in [-0.3, -0.25) is 14.2 Å². The van der Waals surface area contributed by atoms with Crippen molar-refractivity contribution in [2.75, 3.05) is 14.1 Å². The first kappa shape index (κ1) is 22.3. The van der Waals surface area contributed by atoms with Gasteiger partial charge in [0, 0.05) is 32.1 Å². The van der Waals surface area contributed by atoms with E-state index < -0.39 is 5.25 Å². The molecule has 0 N–H and O–H groups in total. The van der Waals surface area contributed by atoms with E-state index in [0.717, 1.165) is 16.7 Å². The number of fused-ring (bicyclic) bond motifs is 1. The predicted octanol–water partition coefficient (Wildman–Crippen LogP) is 5.20. The highest BCUT2D eigenvalue weighted by atomic mass is 32.2. The Balaban J connectivity index is 1.80. The van der Waals surface area contributed by atoms with Crippen molar-refractivity contribution in [2.24, 2.45) is 7.05 Å². The molecule has 2 heterocycles. The van der Waals surface area contributed by atoms with Gasteiger partial charge in [-0.15, -0.1) is 11.3 Å². The van der Waals surface area contributed by atoms with Crippen molar-refractivity contribution >= 4 is 39.2 Å². The van der Waals surface area contributed by atoms with Crippen LogP contribution in [0, 0.1) is 13.8 Å². The number of thioether (sulfide) groups is 1. The Kier molecular flexibility index (Phi) is 6.22. The van der Waals surface area contributed by atoms with Crippen molar-refractivity contribution in [3.8, 4) is 11.1 Å². The fraction of sp³-hybridized carbons (Fsp3) is 0.240. The number of thiophene rings is 1. The minimum atomic E-state index is -0.485. The molecule has 0 spiro atoms. The number of likely N-dealkylation sites (N-methyl/N-ethyl adjacent to an activating group) is 1. The van der Waals surface area contributed by atoms with Crippen LogP contribution in [-0.2, 0) is 11.8 Å². The van der Waals surface area contributed by atoms with Gasteiger partial charge in [-0.05, 0) is 36.1 Å². The molecule has 7 heteroatoms. The summed E-state index contributed by atoms with van der Waals surface area (Å²) >= 11 is 2.77. The maximum absolute atomic E-state index is 13.4. The van der Waals surface area contributed by atoms with Crippen LogP contribution in [-0.4, -0.2) is 34.5 Å². The van der Waals surface area contributed by atoms with E-state index in [9.17, 15) is 9.59 Å². The van der Waals surface area contributed by atoms with E-state index in [2.05, 4.69) is 26.0 Å². The Morgan fingerprint density at radius 1 is 1.09 bits per heavy atom. The molecule has 0 radical (unpaired) electrons. The van der Waals surface area contributed by atoms with Gasteiger partial charge in [-0.1, -0.05) is 60.3 Å². The molecular weight excluding hydrogens is 438 g/mol. The molecule has 2 aromatic carbocycles. The third-order valence-electron chi connectivity index (χ3n) is 5.58. The molecule has 164 valence electrons. The fourth-order valence-electron chi connectivity index (χ4n) is 3.51. The zero-order valence-corrected chi connectivity index (χ0v) is 20.4. The second-order valence-corrected chi connectivity index (χ2v) is 9.96. The molecule has 5 nitrogen and oxygen atoms in total. The van der Waals surface area contributed by atoms with Crippen LogP contribution < -0.4 is 5.56 Å². The van der Waals surface area contributed by atoms with Crippen LogP contribution in [0.5, 0.6) is 0 Å². The van der Waals surface area contributed by atoms with Gasteiger partial charge in [-0.2, -0.15) is 0 Å². The number of hydrogen-bond donors (Lipinski definition) is 0. The maximum Gasteiger partial charge on any atom is 0.263 e. The van der Waals surface area contributed by atoms with Gasteiger partial charge < -0.3 is 4.90 Å². The van der Waals surface area contributed by atoms with E-state index in [4.69, 9.17) is 4.98 Å². The highest BCUT2D eigenvalue weighted by molar-refractivity contribution is 8.00. The highest BCUT2D eigenvalue weighted by Crippen LogP contribution is 2.37. The molecule has 0 fully saturated rings. The van der Waals surface area contributed by atoms with Crippen LogP contribution in [0.25, 0.3) is 21.3 Å². The Morgan fingerprint density at radius 3 is 2.47 bits per heavy atom. The van der Waals surface area contributed by atoms with E-state index in [0.29, 0.717) is 15.4 Å². The summed E-state index contributed by atoms with van der Waals surface area (Å²) in [5, 5.41) is 2.67. The maximum atomic E-state index is 13.4. The van der Waals surface area contributed by atoms with Gasteiger partial charge >= 0.3 is 0 Å². The van der Waals surface area contributed by atoms with E-state index >= 15 is 0 Å². The number of aromatic nitrogens is 2. The molecule has 0 aliphatic heterocycles. The van der Waals surface area contributed by atoms with Gasteiger partial charge in [-0.25, -0.2) is 4.98 Å². The summed E-state index contributed by atoms with van der Waals surface area (Å²) in [6.07, 6.45) is 0. The minimum absolute atomic E-state index is 0.0439. The highest BCUT2D eigenvalue weighted by Gasteiger charge is 2.26. The van der Waals surface area contributed by atoms with Gasteiger partial charge in [0.1, 0.15) is 10.1 Å². The van der Waals surface area contributed by atoms with Crippen molar-refractivity contribution in [1.82, 2.24) is 14.5 Å². The van der Waals surface area contributed by atoms with Gasteiger partial charge in [0.25, 0.3) is 5.56 Å². The topological polar surface area (TPSA) is 55.2 Å². The van der Waals surface area contributed by atoms with Crippen LogP contribution in [0.3, 0.4) is 0 Å². The first-order valence-electron chi connectivity index (χ1n) is 10.3. The summed E-state index contributed by atoms with van der Waals surface area (Å²) < 4.78 is 1.56. The van der Waals surface area contributed by atoms with Crippen molar-refractivity contribution in [2.45, 2.75) is 24.3 Å². The monoisotopic (exact) mass is 463 g/mol. The predicted molar refractivity (Wildman–Crippen MR) is 134 cm³/mol. The van der Waals surface area contributed by atoms with Crippen molar-refractivity contribution in [3.05, 3.63) is 81.0 Å². The number of amides is 1. The van der Waals surface area contributed by atoms with Crippen LogP contribution >= 0.6 is 23.1 Å². The smallest absolute Gasteiger partial charge is 0.263 e. The third kappa shape index (κ3) is 4.10. The molecule has 1 atom stereocenters. The molecule has 0 bridgehead atoms. The Morgan fingerprint density at radius 2 is 1.81 bits per heavy atom. The average Bonchev–Trinajstić information content (AvgIpc) is 3.21. The summed E-state index contributed by atoms with van der Waals surface area (Å²) in [6, 6.07) is 15.8. The van der Waals surface area contributed by atoms with Gasteiger partial charge in [0.2, 0.25) is 5.91 Å². The quantitative estimate of drug-likeness (QED) is 0.302. The number of benzene rings is 2. The first-order valence-corrected chi connectivity index (χ1v) is 12.0. The Labute approximate surface area is 195 Å². The van der Waals surface area contributed by atoms with E-state index in [1.807, 2.05) is 41.8 Å². The van der Waals surface area contributed by atoms with Gasteiger partial charge in [0.15, 0.2) is 5.16 Å². The standard InChI is InChI=1S/C25H25N3O2S2/c1-15-11-12-18(13-16(15)2)19-14-31-22-20(19)23(29)28(5)25(26-22)32-21(24(30)27(3)4)17-9-7-6-8-10-17/h6-14,21H,1-5H3. The molecule has 0 saturated heterocycles. The zero-order valence-electron chi connectivity index (χ0n) is 18.7. The van der Waals surface area contributed by atoms with Crippen LogP contribution in [0.1, 0.15) is 21.9 Å². The second-order valence-electron chi connectivity index (χ2n) is 8.03. The summed E-state index contributed by atoms with van der Waals surface area (Å²) in [5.74, 6) is -0.0439. The normalized spacial score (nSPS) is 12.2. The molecule has 2 aromatic heterocycles. The zero-order chi connectivity index (χ0) is 23.0. The second kappa shape index (κ2) is 8.92. The third-order valence-corrected chi connectivity index (χ3v) is 7.74. The van der Waals surface area contributed by atoms with Gasteiger partial charge in [0.05, 0.1) is 5.39 Å². The largest absolute Gasteiger partial charge is 0.348 e. The lowest BCUT2D eigenvalue weighted by Gasteiger charge is -2.21. The average molecular weight is 464 g/mol. The SMILES string of the molecule is Cc1ccc(-c2csc3nc(SC(C(=O)N(C)C)c4ccccc4)n(C)c(=O)c23)cc1C. The number of aryl methyl sites for hydroxylation is 2. The fourth-order valence-corrected chi connectivity index (χ4v) is 5.70. The van der Waals surface area contributed by atoms with Crippen LogP contribution in [0.15, 0.2) is 63.9 Å². The molecule has 0 saturated carbocycles. The number of carbonyl (C=O) groups excluding carboxylic acids is 1. The first-order chi connectivity index (χ1) is 15.3. The summed E-state index contributed by atoms with van der Waals surface area (Å²) in [5.41, 5.74) is 5.11. The molecule has 32 heavy (non-hydrogen) atoms. The van der Waals surface area contributed by atoms with E-state index in [-0.39, 0.29) is 11.5 Å². The lowest BCUT2D eigenvalue weighted by molar-refractivity contribution is -0.128. The van der Waals surface area contributed by atoms with E-state index in [1.54, 1.807) is 30.6 Å². The lowest BCUT2D eigenvalue weighted by atomic mass is 10.0. The van der Waals surface area contributed by atoms with Crippen molar-refractivity contribution in [3.63, 3.8) is 0 Å². The Hall–Kier alpha value is -2.90. The molecule has 0 aliphatic rings. The van der Waals surface area contributed by atoms with Crippen LogP contribution in [0.2, 0.25) is 0 Å². The molecule has 1 unspecified atom stereocenters. The Bertz CT molecular complexity index is 1360. The summed E-state index contributed by atoms with van der Waals surface area (Å²) in [4.78, 5) is 33.4. The number of rotatable bonds is 5. The molecule has 0 aliphatic carbocycles. The minimum Gasteiger partial charge on any atom is -0.348 e. The number of nitrogens with zero attached hydrogens (tertiary/aromatic N) is 3. The van der Waals surface area contributed by atoms with Crippen molar-refractivity contribution in [1.29, 1.82) is 0 Å². The van der Waals surface area contributed by atoms with E-state index in [1.165, 1.54) is 34.2 Å². The van der Waals surface area contributed by atoms with Crippen LogP contribution in [0.4, 0.5) is 0 Å². The molecule has 1 amide bonds. The number of carbonyl (C=O) groups is 1. The molecular formula is C25H25N3O2S2. The summed E-state index contributed by atoms with van der Waals surface area (Å²) in [6.45, 7) is 4.15. The summed E-state index contributed by atoms with van der Waals surface area (Å²) in [7, 11) is 5.20.